The van der Waals surface area contributed by atoms with Gasteiger partial charge in [-0.1, -0.05) is 96.5 Å². The third-order valence-corrected chi connectivity index (χ3v) is 11.4. The topological polar surface area (TPSA) is 138 Å². The highest BCUT2D eigenvalue weighted by atomic mass is 16.3. The molecular formula is C43H61N9O2. The van der Waals surface area contributed by atoms with Crippen LogP contribution in [0.5, 0.6) is 0 Å². The number of nitrogens with one attached hydrogen (secondary N) is 4. The van der Waals surface area contributed by atoms with Crippen molar-refractivity contribution in [3.63, 3.8) is 0 Å². The molecule has 2 fully saturated rings. The number of guanidine groups is 1. The van der Waals surface area contributed by atoms with Crippen molar-refractivity contribution < 1.29 is 9.90 Å². The summed E-state index contributed by atoms with van der Waals surface area (Å²) in [5.74, 6) is 2.40. The molecule has 2 aliphatic rings. The number of hydrogen-bond acceptors (Lipinski definition) is 6. The fourth-order valence-corrected chi connectivity index (χ4v) is 8.07. The number of H-pyrrole nitrogens is 2. The maximum absolute atomic E-state index is 14.0. The number of aromatic amines is 2. The molecular weight excluding hydrogens is 675 g/mol. The average Bonchev–Trinajstić information content (AvgIpc) is 3.77. The van der Waals surface area contributed by atoms with Gasteiger partial charge < -0.3 is 35.5 Å². The van der Waals surface area contributed by atoms with E-state index in [4.69, 9.17) is 15.0 Å². The van der Waals surface area contributed by atoms with Crippen LogP contribution in [0.2, 0.25) is 0 Å². The maximum atomic E-state index is 14.0. The molecule has 0 bridgehead atoms. The van der Waals surface area contributed by atoms with E-state index in [-0.39, 0.29) is 28.8 Å². The fourth-order valence-electron chi connectivity index (χ4n) is 8.07. The van der Waals surface area contributed by atoms with E-state index in [9.17, 15) is 9.90 Å². The first-order valence-electron chi connectivity index (χ1n) is 19.4. The summed E-state index contributed by atoms with van der Waals surface area (Å²) in [6, 6.07) is 16.5. The number of aliphatic hydroxyl groups is 1. The average molecular weight is 736 g/mol. The Kier molecular flexibility index (Phi) is 10.9. The van der Waals surface area contributed by atoms with Gasteiger partial charge >= 0.3 is 0 Å². The van der Waals surface area contributed by atoms with Crippen LogP contribution in [0.1, 0.15) is 97.4 Å². The second-order valence-corrected chi connectivity index (χ2v) is 18.0. The summed E-state index contributed by atoms with van der Waals surface area (Å²) < 4.78 is 0. The van der Waals surface area contributed by atoms with Crippen LogP contribution in [0.4, 0.5) is 0 Å². The van der Waals surface area contributed by atoms with Crippen LogP contribution < -0.4 is 10.6 Å². The predicted molar refractivity (Wildman–Crippen MR) is 218 cm³/mol. The molecule has 54 heavy (non-hydrogen) atoms. The molecule has 1 saturated carbocycles. The van der Waals surface area contributed by atoms with Gasteiger partial charge in [-0.25, -0.2) is 15.0 Å². The molecule has 5 N–H and O–H groups in total. The molecule has 2 aromatic heterocycles. The van der Waals surface area contributed by atoms with E-state index >= 15 is 0 Å². The number of piperidine rings is 1. The molecule has 0 spiro atoms. The predicted octanol–water partition coefficient (Wildman–Crippen LogP) is 7.19. The monoisotopic (exact) mass is 735 g/mol. The molecule has 1 aliphatic carbocycles. The number of benzene rings is 2. The lowest BCUT2D eigenvalue weighted by atomic mass is 9.55. The van der Waals surface area contributed by atoms with Crippen LogP contribution in [-0.2, 0) is 4.79 Å². The van der Waals surface area contributed by atoms with Crippen molar-refractivity contribution in [3.8, 4) is 33.6 Å². The van der Waals surface area contributed by atoms with Crippen molar-refractivity contribution in [2.75, 3.05) is 41.3 Å². The lowest BCUT2D eigenvalue weighted by molar-refractivity contribution is -0.174. The Morgan fingerprint density at radius 1 is 0.741 bits per heavy atom. The summed E-state index contributed by atoms with van der Waals surface area (Å²) in [5.41, 5.74) is 3.99. The zero-order chi connectivity index (χ0) is 39.1. The minimum atomic E-state index is -0.977. The lowest BCUT2D eigenvalue weighted by Gasteiger charge is -2.54. The van der Waals surface area contributed by atoms with Crippen LogP contribution in [0.25, 0.3) is 33.6 Å². The van der Waals surface area contributed by atoms with Gasteiger partial charge in [-0.2, -0.15) is 0 Å². The summed E-state index contributed by atoms with van der Waals surface area (Å²) in [6.07, 6.45) is 7.34. The van der Waals surface area contributed by atoms with E-state index in [0.717, 1.165) is 83.6 Å². The van der Waals surface area contributed by atoms with Crippen molar-refractivity contribution in [1.29, 1.82) is 0 Å². The molecule has 0 unspecified atom stereocenters. The third-order valence-electron chi connectivity index (χ3n) is 11.4. The van der Waals surface area contributed by atoms with Crippen LogP contribution in [0.15, 0.2) is 65.9 Å². The van der Waals surface area contributed by atoms with Gasteiger partial charge in [0.05, 0.1) is 40.8 Å². The summed E-state index contributed by atoms with van der Waals surface area (Å²) in [5, 5.41) is 18.4. The molecule has 2 atom stereocenters. The number of rotatable bonds is 9. The van der Waals surface area contributed by atoms with Crippen LogP contribution >= 0.6 is 0 Å². The standard InChI is InChI=1S/C43H61N9O2/c1-40(2,3)34(49-38(53)42(20-11-21-42)43(54)22-24-44-25-23-43)36-45-26-32(47-36)30-16-12-28(13-17-30)29-14-18-31(19-15-29)33-27-46-37(48-33)35(41(4,5)6)50-39(51(7)8)52(9)10/h12-19,26-27,34-35,44,54H,11,20-25H2,1-10H3,(H,45,47)(H,46,48)(H,49,53)/t34-,35-/m1/s1. The Bertz CT molecular complexity index is 1900. The molecule has 11 nitrogen and oxygen atoms in total. The summed E-state index contributed by atoms with van der Waals surface area (Å²) >= 11 is 0. The molecule has 6 rings (SSSR count). The molecule has 0 radical (unpaired) electrons. The van der Waals surface area contributed by atoms with Gasteiger partial charge in [0.25, 0.3) is 0 Å². The molecule has 3 heterocycles. The highest BCUT2D eigenvalue weighted by molar-refractivity contribution is 5.85. The molecule has 2 aromatic carbocycles. The highest BCUT2D eigenvalue weighted by Crippen LogP contribution is 2.53. The number of amides is 1. The SMILES string of the molecule is CN(C)C(=N[C@H](c1ncc(-c2ccc(-c3ccc(-c4cnc([C@@H](NC(=O)C5(C6(O)CCNCC6)CCC5)C(C)(C)C)[nH]4)cc3)cc2)[nH]1)C(C)(C)C)N(C)C. The van der Waals surface area contributed by atoms with Crippen molar-refractivity contribution >= 4 is 11.9 Å². The van der Waals surface area contributed by atoms with Gasteiger partial charge in [0, 0.05) is 28.2 Å². The smallest absolute Gasteiger partial charge is 0.229 e. The largest absolute Gasteiger partial charge is 0.389 e. The first-order chi connectivity index (χ1) is 25.4. The second kappa shape index (κ2) is 15.0. The maximum Gasteiger partial charge on any atom is 0.229 e. The van der Waals surface area contributed by atoms with Crippen molar-refractivity contribution in [3.05, 3.63) is 72.6 Å². The highest BCUT2D eigenvalue weighted by Gasteiger charge is 2.59. The first kappa shape index (κ1) is 39.2. The molecule has 1 aliphatic heterocycles. The number of aliphatic imine (C=N–C) groups is 1. The zero-order valence-corrected chi connectivity index (χ0v) is 34.0. The van der Waals surface area contributed by atoms with Crippen LogP contribution in [0.3, 0.4) is 0 Å². The van der Waals surface area contributed by atoms with Crippen molar-refractivity contribution in [2.45, 2.75) is 91.3 Å². The first-order valence-corrected chi connectivity index (χ1v) is 19.4. The lowest BCUT2D eigenvalue weighted by Crippen LogP contribution is -2.64. The van der Waals surface area contributed by atoms with Gasteiger partial charge in [0.1, 0.15) is 17.7 Å². The number of carbonyl (C=O) groups is 1. The van der Waals surface area contributed by atoms with E-state index < -0.39 is 11.0 Å². The van der Waals surface area contributed by atoms with E-state index in [1.807, 2.05) is 50.4 Å². The molecule has 11 heteroatoms. The number of imidazole rings is 2. The minimum absolute atomic E-state index is 0.0544. The normalized spacial score (nSPS) is 17.9. The Balaban J connectivity index is 1.16. The Morgan fingerprint density at radius 3 is 1.63 bits per heavy atom. The summed E-state index contributed by atoms with van der Waals surface area (Å²) in [4.78, 5) is 39.8. The number of aromatic nitrogens is 4. The van der Waals surface area contributed by atoms with Crippen LogP contribution in [0, 0.1) is 16.2 Å². The quantitative estimate of drug-likeness (QED) is 0.0907. The van der Waals surface area contributed by atoms with E-state index in [1.54, 1.807) is 0 Å². The van der Waals surface area contributed by atoms with Crippen LogP contribution in [-0.4, -0.2) is 93.6 Å². The van der Waals surface area contributed by atoms with E-state index in [0.29, 0.717) is 12.8 Å². The van der Waals surface area contributed by atoms with E-state index in [2.05, 4.69) is 111 Å². The van der Waals surface area contributed by atoms with Gasteiger partial charge in [-0.05, 0) is 71.9 Å². The molecule has 4 aromatic rings. The zero-order valence-electron chi connectivity index (χ0n) is 34.0. The third kappa shape index (κ3) is 7.84. The van der Waals surface area contributed by atoms with Gasteiger partial charge in [-0.3, -0.25) is 4.79 Å². The molecule has 1 amide bonds. The van der Waals surface area contributed by atoms with Gasteiger partial charge in [-0.15, -0.1) is 0 Å². The number of hydrogen-bond donors (Lipinski definition) is 5. The molecule has 1 saturated heterocycles. The molecule has 290 valence electrons. The van der Waals surface area contributed by atoms with Crippen molar-refractivity contribution in [1.82, 2.24) is 40.4 Å². The Hall–Kier alpha value is -4.48. The second-order valence-electron chi connectivity index (χ2n) is 18.0. The number of nitrogens with zero attached hydrogens (tertiary/aromatic N) is 5. The summed E-state index contributed by atoms with van der Waals surface area (Å²) in [7, 11) is 8.03. The number of carbonyl (C=O) groups excluding carboxylic acids is 1. The Labute approximate surface area is 321 Å². The van der Waals surface area contributed by atoms with E-state index in [1.165, 1.54) is 0 Å². The fraction of sp³-hybridized carbons (Fsp3) is 0.535. The van der Waals surface area contributed by atoms with Gasteiger partial charge in [0.2, 0.25) is 5.91 Å². The van der Waals surface area contributed by atoms with Gasteiger partial charge in [0.15, 0.2) is 5.96 Å². The van der Waals surface area contributed by atoms with Crippen molar-refractivity contribution in [2.24, 2.45) is 21.2 Å². The summed E-state index contributed by atoms with van der Waals surface area (Å²) in [6.45, 7) is 14.4. The minimum Gasteiger partial charge on any atom is -0.389 e. The Morgan fingerprint density at radius 2 is 1.20 bits per heavy atom.